The van der Waals surface area contributed by atoms with Gasteiger partial charge in [0.1, 0.15) is 11.0 Å². The Kier molecular flexibility index (Phi) is 5.18. The van der Waals surface area contributed by atoms with Crippen molar-refractivity contribution in [2.75, 3.05) is 11.9 Å². The molecular weight excluding hydrogens is 276 g/mol. The highest BCUT2D eigenvalue weighted by atomic mass is 35.5. The topological polar surface area (TPSA) is 62.2 Å². The number of carboxylic acid groups (broad SMARTS) is 1. The molecular formula is C15H17ClN2O2. The van der Waals surface area contributed by atoms with Crippen LogP contribution in [0.2, 0.25) is 5.15 Å². The summed E-state index contributed by atoms with van der Waals surface area (Å²) in [5.41, 5.74) is 0. The minimum atomic E-state index is -0.736. The number of halogens is 1. The molecule has 106 valence electrons. The third-order valence-corrected chi connectivity index (χ3v) is 3.26. The Morgan fingerprint density at radius 1 is 1.25 bits per heavy atom. The van der Waals surface area contributed by atoms with Gasteiger partial charge in [-0.05, 0) is 24.3 Å². The lowest BCUT2D eigenvalue weighted by molar-refractivity contribution is -0.137. The van der Waals surface area contributed by atoms with E-state index in [1.807, 2.05) is 30.3 Å². The Hall–Kier alpha value is -1.81. The Balaban J connectivity index is 1.91. The number of pyridine rings is 1. The normalized spacial score (nSPS) is 10.7. The number of carboxylic acids is 1. The number of aromatic nitrogens is 1. The van der Waals surface area contributed by atoms with Crippen molar-refractivity contribution in [1.82, 2.24) is 4.98 Å². The molecule has 0 fully saturated rings. The molecule has 0 saturated heterocycles. The predicted molar refractivity (Wildman–Crippen MR) is 81.3 cm³/mol. The second kappa shape index (κ2) is 7.10. The van der Waals surface area contributed by atoms with Gasteiger partial charge in [0, 0.05) is 18.4 Å². The van der Waals surface area contributed by atoms with Crippen molar-refractivity contribution in [3.63, 3.8) is 0 Å². The van der Waals surface area contributed by atoms with Gasteiger partial charge in [0.05, 0.1) is 0 Å². The Morgan fingerprint density at radius 3 is 2.85 bits per heavy atom. The van der Waals surface area contributed by atoms with E-state index in [2.05, 4.69) is 10.3 Å². The maximum atomic E-state index is 10.4. The number of unbranched alkanes of at least 4 members (excludes halogenated alkanes) is 2. The van der Waals surface area contributed by atoms with Crippen LogP contribution in [-0.2, 0) is 4.79 Å². The van der Waals surface area contributed by atoms with Crippen LogP contribution in [0.5, 0.6) is 0 Å². The molecule has 5 heteroatoms. The van der Waals surface area contributed by atoms with Gasteiger partial charge in [-0.1, -0.05) is 42.3 Å². The molecule has 0 amide bonds. The number of carbonyl (C=O) groups is 1. The SMILES string of the molecule is O=C(O)CCCCCNc1nc(Cl)cc2ccccc12. The molecule has 0 radical (unpaired) electrons. The van der Waals surface area contributed by atoms with Crippen molar-refractivity contribution in [2.24, 2.45) is 0 Å². The van der Waals surface area contributed by atoms with E-state index in [0.717, 1.165) is 36.0 Å². The molecule has 0 spiro atoms. The van der Waals surface area contributed by atoms with Gasteiger partial charge in [-0.25, -0.2) is 4.98 Å². The second-order valence-corrected chi connectivity index (χ2v) is 5.03. The molecule has 0 bridgehead atoms. The standard InChI is InChI=1S/C15H17ClN2O2/c16-13-10-11-6-3-4-7-12(11)15(18-13)17-9-5-1-2-8-14(19)20/h3-4,6-7,10H,1-2,5,8-9H2,(H,17,18)(H,19,20). The molecule has 4 nitrogen and oxygen atoms in total. The summed E-state index contributed by atoms with van der Waals surface area (Å²) in [6, 6.07) is 9.78. The van der Waals surface area contributed by atoms with E-state index < -0.39 is 5.97 Å². The van der Waals surface area contributed by atoms with Crippen LogP contribution in [-0.4, -0.2) is 22.6 Å². The molecule has 0 aliphatic heterocycles. The molecule has 1 aromatic carbocycles. The highest BCUT2D eigenvalue weighted by Gasteiger charge is 2.04. The molecule has 2 rings (SSSR count). The van der Waals surface area contributed by atoms with Gasteiger partial charge in [-0.2, -0.15) is 0 Å². The highest BCUT2D eigenvalue weighted by molar-refractivity contribution is 6.30. The van der Waals surface area contributed by atoms with Crippen molar-refractivity contribution in [2.45, 2.75) is 25.7 Å². The Morgan fingerprint density at radius 2 is 2.05 bits per heavy atom. The van der Waals surface area contributed by atoms with Crippen LogP contribution in [0, 0.1) is 0 Å². The molecule has 0 saturated carbocycles. The van der Waals surface area contributed by atoms with Gasteiger partial charge in [0.15, 0.2) is 0 Å². The quantitative estimate of drug-likeness (QED) is 0.599. The number of nitrogens with zero attached hydrogens (tertiary/aromatic N) is 1. The summed E-state index contributed by atoms with van der Waals surface area (Å²) in [7, 11) is 0. The zero-order valence-electron chi connectivity index (χ0n) is 11.1. The maximum absolute atomic E-state index is 10.4. The summed E-state index contributed by atoms with van der Waals surface area (Å²) >= 11 is 6.00. The Labute approximate surface area is 122 Å². The van der Waals surface area contributed by atoms with E-state index in [-0.39, 0.29) is 6.42 Å². The first-order valence-corrected chi connectivity index (χ1v) is 7.05. The fraction of sp³-hybridized carbons (Fsp3) is 0.333. The van der Waals surface area contributed by atoms with Crippen molar-refractivity contribution < 1.29 is 9.90 Å². The van der Waals surface area contributed by atoms with Gasteiger partial charge in [0.2, 0.25) is 0 Å². The minimum absolute atomic E-state index is 0.234. The van der Waals surface area contributed by atoms with Gasteiger partial charge in [0.25, 0.3) is 0 Å². The molecule has 2 N–H and O–H groups in total. The van der Waals surface area contributed by atoms with Crippen LogP contribution in [0.3, 0.4) is 0 Å². The lowest BCUT2D eigenvalue weighted by Gasteiger charge is -2.09. The molecule has 0 unspecified atom stereocenters. The van der Waals surface area contributed by atoms with Crippen molar-refractivity contribution in [1.29, 1.82) is 0 Å². The first-order chi connectivity index (χ1) is 9.66. The van der Waals surface area contributed by atoms with E-state index in [0.29, 0.717) is 11.6 Å². The fourth-order valence-corrected chi connectivity index (χ4v) is 2.29. The summed E-state index contributed by atoms with van der Waals surface area (Å²) in [5, 5.41) is 14.4. The molecule has 2 aromatic rings. The average molecular weight is 293 g/mol. The van der Waals surface area contributed by atoms with E-state index in [4.69, 9.17) is 16.7 Å². The van der Waals surface area contributed by atoms with Crippen molar-refractivity contribution in [3.8, 4) is 0 Å². The number of aliphatic carboxylic acids is 1. The molecule has 0 aliphatic rings. The average Bonchev–Trinajstić information content (AvgIpc) is 2.42. The summed E-state index contributed by atoms with van der Waals surface area (Å²) < 4.78 is 0. The zero-order valence-corrected chi connectivity index (χ0v) is 11.9. The van der Waals surface area contributed by atoms with Crippen molar-refractivity contribution in [3.05, 3.63) is 35.5 Å². The predicted octanol–water partition coefficient (Wildman–Crippen LogP) is 3.95. The molecule has 0 atom stereocenters. The largest absolute Gasteiger partial charge is 0.481 e. The minimum Gasteiger partial charge on any atom is -0.481 e. The third kappa shape index (κ3) is 4.10. The van der Waals surface area contributed by atoms with Gasteiger partial charge >= 0.3 is 5.97 Å². The summed E-state index contributed by atoms with van der Waals surface area (Å²) in [6.45, 7) is 0.761. The number of fused-ring (bicyclic) bond motifs is 1. The van der Waals surface area contributed by atoms with Crippen LogP contribution in [0.25, 0.3) is 10.8 Å². The van der Waals surface area contributed by atoms with E-state index in [9.17, 15) is 4.79 Å². The maximum Gasteiger partial charge on any atom is 0.303 e. The second-order valence-electron chi connectivity index (χ2n) is 4.65. The van der Waals surface area contributed by atoms with Crippen LogP contribution in [0.15, 0.2) is 30.3 Å². The number of hydrogen-bond donors (Lipinski definition) is 2. The lowest BCUT2D eigenvalue weighted by Crippen LogP contribution is -2.04. The lowest BCUT2D eigenvalue weighted by atomic mass is 10.1. The van der Waals surface area contributed by atoms with Crippen LogP contribution in [0.4, 0.5) is 5.82 Å². The number of hydrogen-bond acceptors (Lipinski definition) is 3. The highest BCUT2D eigenvalue weighted by Crippen LogP contribution is 2.24. The molecule has 20 heavy (non-hydrogen) atoms. The smallest absolute Gasteiger partial charge is 0.303 e. The molecule has 0 aliphatic carbocycles. The summed E-state index contributed by atoms with van der Waals surface area (Å²) in [6.07, 6.45) is 2.74. The van der Waals surface area contributed by atoms with Crippen LogP contribution < -0.4 is 5.32 Å². The summed E-state index contributed by atoms with van der Waals surface area (Å²) in [4.78, 5) is 14.7. The van der Waals surface area contributed by atoms with E-state index in [1.165, 1.54) is 0 Å². The number of nitrogens with one attached hydrogen (secondary N) is 1. The number of benzene rings is 1. The fourth-order valence-electron chi connectivity index (χ4n) is 2.09. The molecule has 1 heterocycles. The van der Waals surface area contributed by atoms with E-state index in [1.54, 1.807) is 0 Å². The van der Waals surface area contributed by atoms with Crippen LogP contribution in [0.1, 0.15) is 25.7 Å². The van der Waals surface area contributed by atoms with Crippen molar-refractivity contribution >= 4 is 34.2 Å². The first-order valence-electron chi connectivity index (χ1n) is 6.68. The van der Waals surface area contributed by atoms with Gasteiger partial charge < -0.3 is 10.4 Å². The number of rotatable bonds is 7. The molecule has 1 aromatic heterocycles. The first kappa shape index (κ1) is 14.6. The Bertz CT molecular complexity index is 601. The van der Waals surface area contributed by atoms with Crippen LogP contribution >= 0.6 is 11.6 Å². The monoisotopic (exact) mass is 292 g/mol. The third-order valence-electron chi connectivity index (χ3n) is 3.07. The van der Waals surface area contributed by atoms with Gasteiger partial charge in [-0.15, -0.1) is 0 Å². The zero-order chi connectivity index (χ0) is 14.4. The number of anilines is 1. The summed E-state index contributed by atoms with van der Waals surface area (Å²) in [5.74, 6) is 0.0480. The van der Waals surface area contributed by atoms with Gasteiger partial charge in [-0.3, -0.25) is 4.79 Å². The van der Waals surface area contributed by atoms with E-state index >= 15 is 0 Å².